The van der Waals surface area contributed by atoms with E-state index in [1.54, 1.807) is 6.20 Å². The number of Topliss-reactive ketones (excluding diaryl/α,β-unsaturated/α-hetero) is 1. The van der Waals surface area contributed by atoms with Crippen LogP contribution >= 0.6 is 0 Å². The third kappa shape index (κ3) is 3.45. The van der Waals surface area contributed by atoms with Crippen molar-refractivity contribution in [1.82, 2.24) is 4.98 Å². The van der Waals surface area contributed by atoms with E-state index in [0.29, 0.717) is 6.42 Å². The van der Waals surface area contributed by atoms with Crippen molar-refractivity contribution in [3.8, 4) is 0 Å². The Bertz CT molecular complexity index is 239. The van der Waals surface area contributed by atoms with E-state index >= 15 is 0 Å². The Morgan fingerprint density at radius 2 is 2.23 bits per heavy atom. The van der Waals surface area contributed by atoms with Gasteiger partial charge in [-0.2, -0.15) is 0 Å². The Balaban J connectivity index is 2.19. The average molecular weight is 179 g/mol. The molecule has 0 atom stereocenters. The number of carbonyl (C=O) groups excluding carboxylic acids is 1. The Labute approximate surface area is 79.4 Å². The molecular formula is C11H17NO. The smallest absolute Gasteiger partial charge is 0.178 e. The van der Waals surface area contributed by atoms with Gasteiger partial charge < -0.3 is 4.98 Å². The van der Waals surface area contributed by atoms with Crippen LogP contribution in [0, 0.1) is 0 Å². The summed E-state index contributed by atoms with van der Waals surface area (Å²) in [6, 6.07) is 3.70. The monoisotopic (exact) mass is 179 g/mol. The lowest BCUT2D eigenvalue weighted by atomic mass is 10.1. The first-order valence-corrected chi connectivity index (χ1v) is 5.01. The number of aromatic amines is 1. The molecule has 0 saturated carbocycles. The standard InChI is InChI=1S/C11H17NO/c1-2-3-4-5-8-11(13)10-7-6-9-12-10/h6-7,9,12H,2-5,8H2,1H3. The lowest BCUT2D eigenvalue weighted by molar-refractivity contribution is 0.0975. The minimum Gasteiger partial charge on any atom is -0.359 e. The van der Waals surface area contributed by atoms with E-state index in [9.17, 15) is 4.79 Å². The van der Waals surface area contributed by atoms with Crippen molar-refractivity contribution in [3.05, 3.63) is 24.0 Å². The Kier molecular flexibility index (Phi) is 4.30. The molecule has 1 N–H and O–H groups in total. The minimum atomic E-state index is 0.237. The van der Waals surface area contributed by atoms with Crippen LogP contribution in [0.5, 0.6) is 0 Å². The summed E-state index contributed by atoms with van der Waals surface area (Å²) in [5.74, 6) is 0.237. The van der Waals surface area contributed by atoms with Gasteiger partial charge in [0.1, 0.15) is 0 Å². The number of nitrogens with one attached hydrogen (secondary N) is 1. The highest BCUT2D eigenvalue weighted by Gasteiger charge is 2.04. The van der Waals surface area contributed by atoms with Gasteiger partial charge in [0.15, 0.2) is 5.78 Å². The second kappa shape index (κ2) is 5.57. The highest BCUT2D eigenvalue weighted by atomic mass is 16.1. The van der Waals surface area contributed by atoms with E-state index in [1.807, 2.05) is 12.1 Å². The molecule has 72 valence electrons. The van der Waals surface area contributed by atoms with Crippen LogP contribution in [0.25, 0.3) is 0 Å². The first kappa shape index (κ1) is 10.0. The molecule has 0 bridgehead atoms. The fraction of sp³-hybridized carbons (Fsp3) is 0.545. The molecule has 2 nitrogen and oxygen atoms in total. The molecule has 0 aliphatic carbocycles. The van der Waals surface area contributed by atoms with Crippen molar-refractivity contribution in [2.75, 3.05) is 0 Å². The number of ketones is 1. The average Bonchev–Trinajstić information content (AvgIpc) is 2.65. The summed E-state index contributed by atoms with van der Waals surface area (Å²) in [7, 11) is 0. The van der Waals surface area contributed by atoms with Gasteiger partial charge in [-0.25, -0.2) is 0 Å². The van der Waals surface area contributed by atoms with Crippen molar-refractivity contribution >= 4 is 5.78 Å². The van der Waals surface area contributed by atoms with Crippen LogP contribution in [0.3, 0.4) is 0 Å². The summed E-state index contributed by atoms with van der Waals surface area (Å²) >= 11 is 0. The summed E-state index contributed by atoms with van der Waals surface area (Å²) in [6.45, 7) is 2.17. The zero-order chi connectivity index (χ0) is 9.52. The van der Waals surface area contributed by atoms with Crippen molar-refractivity contribution in [1.29, 1.82) is 0 Å². The summed E-state index contributed by atoms with van der Waals surface area (Å²) in [4.78, 5) is 14.4. The molecule has 0 fully saturated rings. The summed E-state index contributed by atoms with van der Waals surface area (Å²) in [5.41, 5.74) is 0.747. The summed E-state index contributed by atoms with van der Waals surface area (Å²) in [5, 5.41) is 0. The molecule has 1 aromatic heterocycles. The molecule has 0 aliphatic rings. The van der Waals surface area contributed by atoms with Crippen molar-refractivity contribution in [2.45, 2.75) is 39.0 Å². The van der Waals surface area contributed by atoms with Crippen LogP contribution in [0.1, 0.15) is 49.5 Å². The minimum absolute atomic E-state index is 0.237. The first-order valence-electron chi connectivity index (χ1n) is 5.01. The number of rotatable bonds is 6. The van der Waals surface area contributed by atoms with Gasteiger partial charge in [-0.1, -0.05) is 26.2 Å². The lowest BCUT2D eigenvalue weighted by Crippen LogP contribution is -1.98. The third-order valence-corrected chi connectivity index (χ3v) is 2.16. The predicted octanol–water partition coefficient (Wildman–Crippen LogP) is 3.17. The van der Waals surface area contributed by atoms with E-state index < -0.39 is 0 Å². The molecule has 0 saturated heterocycles. The molecule has 0 unspecified atom stereocenters. The number of aromatic nitrogens is 1. The Morgan fingerprint density at radius 3 is 2.85 bits per heavy atom. The van der Waals surface area contributed by atoms with E-state index in [2.05, 4.69) is 11.9 Å². The molecule has 0 amide bonds. The molecule has 1 heterocycles. The molecule has 0 spiro atoms. The van der Waals surface area contributed by atoms with Crippen molar-refractivity contribution in [2.24, 2.45) is 0 Å². The van der Waals surface area contributed by atoms with E-state index in [4.69, 9.17) is 0 Å². The fourth-order valence-electron chi connectivity index (χ4n) is 1.35. The third-order valence-electron chi connectivity index (χ3n) is 2.16. The van der Waals surface area contributed by atoms with Gasteiger partial charge in [0.05, 0.1) is 5.69 Å². The van der Waals surface area contributed by atoms with Gasteiger partial charge in [0.25, 0.3) is 0 Å². The SMILES string of the molecule is CCCCCCC(=O)c1ccc[nH]1. The van der Waals surface area contributed by atoms with E-state index in [0.717, 1.165) is 12.1 Å². The van der Waals surface area contributed by atoms with Gasteiger partial charge in [-0.3, -0.25) is 4.79 Å². The number of carbonyl (C=O) groups is 1. The van der Waals surface area contributed by atoms with Gasteiger partial charge >= 0.3 is 0 Å². The summed E-state index contributed by atoms with van der Waals surface area (Å²) in [6.07, 6.45) is 7.11. The molecule has 1 aromatic rings. The molecule has 0 radical (unpaired) electrons. The van der Waals surface area contributed by atoms with Crippen molar-refractivity contribution < 1.29 is 4.79 Å². The van der Waals surface area contributed by atoms with Crippen molar-refractivity contribution in [3.63, 3.8) is 0 Å². The largest absolute Gasteiger partial charge is 0.359 e. The van der Waals surface area contributed by atoms with Gasteiger partial charge in [-0.15, -0.1) is 0 Å². The van der Waals surface area contributed by atoms with Crippen LogP contribution in [-0.2, 0) is 0 Å². The van der Waals surface area contributed by atoms with Crippen LogP contribution in [-0.4, -0.2) is 10.8 Å². The highest BCUT2D eigenvalue weighted by molar-refractivity contribution is 5.94. The zero-order valence-electron chi connectivity index (χ0n) is 8.18. The normalized spacial score (nSPS) is 10.2. The van der Waals surface area contributed by atoms with Crippen LogP contribution in [0.4, 0.5) is 0 Å². The number of unbranched alkanes of at least 4 members (excludes halogenated alkanes) is 3. The fourth-order valence-corrected chi connectivity index (χ4v) is 1.35. The molecular weight excluding hydrogens is 162 g/mol. The van der Waals surface area contributed by atoms with Gasteiger partial charge in [-0.05, 0) is 18.6 Å². The van der Waals surface area contributed by atoms with Crippen LogP contribution in [0.15, 0.2) is 18.3 Å². The second-order valence-electron chi connectivity index (χ2n) is 3.32. The second-order valence-corrected chi connectivity index (χ2v) is 3.32. The maximum absolute atomic E-state index is 11.4. The molecule has 2 heteroatoms. The molecule has 0 aliphatic heterocycles. The zero-order valence-corrected chi connectivity index (χ0v) is 8.18. The van der Waals surface area contributed by atoms with Gasteiger partial charge in [0, 0.05) is 12.6 Å². The lowest BCUT2D eigenvalue weighted by Gasteiger charge is -1.97. The number of H-pyrrole nitrogens is 1. The molecule has 0 aromatic carbocycles. The van der Waals surface area contributed by atoms with E-state index in [1.165, 1.54) is 19.3 Å². The maximum atomic E-state index is 11.4. The van der Waals surface area contributed by atoms with Crippen LogP contribution in [0.2, 0.25) is 0 Å². The first-order chi connectivity index (χ1) is 6.34. The number of hydrogen-bond acceptors (Lipinski definition) is 1. The van der Waals surface area contributed by atoms with E-state index in [-0.39, 0.29) is 5.78 Å². The quantitative estimate of drug-likeness (QED) is 0.528. The summed E-state index contributed by atoms with van der Waals surface area (Å²) < 4.78 is 0. The molecule has 13 heavy (non-hydrogen) atoms. The Morgan fingerprint density at radius 1 is 1.38 bits per heavy atom. The molecule has 1 rings (SSSR count). The van der Waals surface area contributed by atoms with Gasteiger partial charge in [0.2, 0.25) is 0 Å². The maximum Gasteiger partial charge on any atom is 0.178 e. The predicted molar refractivity (Wildman–Crippen MR) is 53.9 cm³/mol. The van der Waals surface area contributed by atoms with Crippen LogP contribution < -0.4 is 0 Å². The number of hydrogen-bond donors (Lipinski definition) is 1. The highest BCUT2D eigenvalue weighted by Crippen LogP contribution is 2.07. The Hall–Kier alpha value is -1.05. The topological polar surface area (TPSA) is 32.9 Å².